The molecule has 1 aromatic carbocycles. The van der Waals surface area contributed by atoms with Crippen molar-refractivity contribution in [1.29, 1.82) is 0 Å². The molecule has 20 heavy (non-hydrogen) atoms. The molecule has 106 valence electrons. The Kier molecular flexibility index (Phi) is 2.53. The van der Waals surface area contributed by atoms with Crippen molar-refractivity contribution in [2.45, 2.75) is 50.9 Å². The van der Waals surface area contributed by atoms with Crippen molar-refractivity contribution in [1.82, 2.24) is 9.88 Å². The van der Waals surface area contributed by atoms with Gasteiger partial charge in [0.2, 0.25) is 0 Å². The number of nitrogens with zero attached hydrogens (tertiary/aromatic N) is 1. The van der Waals surface area contributed by atoms with Crippen molar-refractivity contribution < 1.29 is 4.39 Å². The summed E-state index contributed by atoms with van der Waals surface area (Å²) in [5.74, 6) is 0.595. The number of H-pyrrole nitrogens is 1. The average molecular weight is 272 g/mol. The predicted octanol–water partition coefficient (Wildman–Crippen LogP) is 3.98. The highest BCUT2D eigenvalue weighted by atomic mass is 19.1. The van der Waals surface area contributed by atoms with Crippen LogP contribution >= 0.6 is 0 Å². The van der Waals surface area contributed by atoms with Crippen LogP contribution in [0.3, 0.4) is 0 Å². The molecule has 1 saturated carbocycles. The van der Waals surface area contributed by atoms with Gasteiger partial charge in [0.05, 0.1) is 0 Å². The highest BCUT2D eigenvalue weighted by Gasteiger charge is 2.44. The van der Waals surface area contributed by atoms with Gasteiger partial charge in [-0.3, -0.25) is 4.90 Å². The Labute approximate surface area is 119 Å². The average Bonchev–Trinajstić information content (AvgIpc) is 2.64. The quantitative estimate of drug-likeness (QED) is 0.876. The third kappa shape index (κ3) is 1.80. The van der Waals surface area contributed by atoms with Crippen molar-refractivity contribution in [2.75, 3.05) is 6.54 Å². The summed E-state index contributed by atoms with van der Waals surface area (Å²) in [6, 6.07) is 9.09. The highest BCUT2D eigenvalue weighted by Crippen LogP contribution is 2.48. The maximum absolute atomic E-state index is 14.0. The molecular formula is C17H21FN2. The molecule has 0 spiro atoms. The van der Waals surface area contributed by atoms with Crippen LogP contribution in [0.2, 0.25) is 0 Å². The summed E-state index contributed by atoms with van der Waals surface area (Å²) in [4.78, 5) is 5.89. The van der Waals surface area contributed by atoms with Crippen LogP contribution < -0.4 is 0 Å². The van der Waals surface area contributed by atoms with Gasteiger partial charge in [-0.25, -0.2) is 4.39 Å². The third-order valence-electron chi connectivity index (χ3n) is 4.85. The Hall–Kier alpha value is -1.35. The number of halogens is 1. The largest absolute Gasteiger partial charge is 0.357 e. The number of aromatic amines is 1. The van der Waals surface area contributed by atoms with Gasteiger partial charge in [-0.1, -0.05) is 18.2 Å². The molecular weight excluding hydrogens is 251 g/mol. The second-order valence-corrected chi connectivity index (χ2v) is 6.94. The summed E-state index contributed by atoms with van der Waals surface area (Å²) in [5.41, 5.74) is 2.91. The topological polar surface area (TPSA) is 19.0 Å². The molecule has 2 aromatic rings. The number of rotatable bonds is 2. The number of benzene rings is 1. The molecule has 2 aliphatic rings. The zero-order valence-electron chi connectivity index (χ0n) is 12.1. The van der Waals surface area contributed by atoms with Crippen LogP contribution in [0.25, 0.3) is 10.9 Å². The summed E-state index contributed by atoms with van der Waals surface area (Å²) >= 11 is 0. The van der Waals surface area contributed by atoms with Crippen LogP contribution in [-0.4, -0.2) is 28.1 Å². The van der Waals surface area contributed by atoms with Gasteiger partial charge in [-0.15, -0.1) is 0 Å². The number of aromatic nitrogens is 1. The summed E-state index contributed by atoms with van der Waals surface area (Å²) in [6.07, 6.45) is 2.45. The van der Waals surface area contributed by atoms with Gasteiger partial charge < -0.3 is 4.98 Å². The van der Waals surface area contributed by atoms with Gasteiger partial charge in [0.1, 0.15) is 5.67 Å². The first-order chi connectivity index (χ1) is 9.53. The minimum absolute atomic E-state index is 0.531. The standard InChI is InChI=1S/C17H21FN2/c1-17(2,18)10-20-9-14-16(12-7-8-15(12)20)11-5-3-4-6-13(11)19-14/h3-6,12,15,19H,7-10H2,1-2H3. The first kappa shape index (κ1) is 12.4. The molecule has 4 rings (SSSR count). The Morgan fingerprint density at radius 2 is 2.10 bits per heavy atom. The lowest BCUT2D eigenvalue weighted by molar-refractivity contribution is 0.0285. The van der Waals surface area contributed by atoms with E-state index >= 15 is 0 Å². The molecule has 0 bridgehead atoms. The van der Waals surface area contributed by atoms with E-state index in [1.165, 1.54) is 35.0 Å². The van der Waals surface area contributed by atoms with Gasteiger partial charge in [0.25, 0.3) is 0 Å². The Balaban J connectivity index is 1.76. The van der Waals surface area contributed by atoms with Gasteiger partial charge in [-0.2, -0.15) is 0 Å². The number of hydrogen-bond acceptors (Lipinski definition) is 1. The van der Waals surface area contributed by atoms with E-state index in [2.05, 4.69) is 34.1 Å². The van der Waals surface area contributed by atoms with E-state index in [9.17, 15) is 4.39 Å². The fraction of sp³-hybridized carbons (Fsp3) is 0.529. The summed E-state index contributed by atoms with van der Waals surface area (Å²) < 4.78 is 14.0. The lowest BCUT2D eigenvalue weighted by atomic mass is 9.70. The molecule has 1 fully saturated rings. The number of para-hydroxylation sites is 1. The van der Waals surface area contributed by atoms with E-state index < -0.39 is 5.67 Å². The molecule has 0 saturated heterocycles. The molecule has 2 heterocycles. The molecule has 2 unspecified atom stereocenters. The van der Waals surface area contributed by atoms with E-state index in [1.54, 1.807) is 13.8 Å². The molecule has 0 radical (unpaired) electrons. The first-order valence-corrected chi connectivity index (χ1v) is 7.55. The predicted molar refractivity (Wildman–Crippen MR) is 79.7 cm³/mol. The van der Waals surface area contributed by atoms with Crippen molar-refractivity contribution in [3.8, 4) is 0 Å². The minimum atomic E-state index is -1.12. The normalized spacial score (nSPS) is 26.1. The Bertz CT molecular complexity index is 653. The number of fused-ring (bicyclic) bond motifs is 5. The molecule has 0 amide bonds. The second kappa shape index (κ2) is 4.08. The van der Waals surface area contributed by atoms with E-state index in [0.717, 1.165) is 6.54 Å². The second-order valence-electron chi connectivity index (χ2n) is 6.94. The van der Waals surface area contributed by atoms with Crippen molar-refractivity contribution in [2.24, 2.45) is 0 Å². The minimum Gasteiger partial charge on any atom is -0.357 e. The van der Waals surface area contributed by atoms with Crippen molar-refractivity contribution >= 4 is 10.9 Å². The van der Waals surface area contributed by atoms with Crippen LogP contribution in [-0.2, 0) is 6.54 Å². The fourth-order valence-corrected chi connectivity index (χ4v) is 4.00. The van der Waals surface area contributed by atoms with Crippen LogP contribution in [0.1, 0.15) is 43.9 Å². The molecule has 2 nitrogen and oxygen atoms in total. The summed E-state index contributed by atoms with van der Waals surface area (Å²) in [7, 11) is 0. The maximum Gasteiger partial charge on any atom is 0.118 e. The zero-order valence-corrected chi connectivity index (χ0v) is 12.1. The Morgan fingerprint density at radius 1 is 1.30 bits per heavy atom. The van der Waals surface area contributed by atoms with E-state index in [1.807, 2.05) is 0 Å². The smallest absolute Gasteiger partial charge is 0.118 e. The van der Waals surface area contributed by atoms with Gasteiger partial charge >= 0.3 is 0 Å². The third-order valence-corrected chi connectivity index (χ3v) is 4.85. The van der Waals surface area contributed by atoms with Crippen LogP contribution in [0.5, 0.6) is 0 Å². The van der Waals surface area contributed by atoms with Gasteiger partial charge in [0, 0.05) is 41.6 Å². The lowest BCUT2D eigenvalue weighted by Crippen LogP contribution is -2.52. The monoisotopic (exact) mass is 272 g/mol. The van der Waals surface area contributed by atoms with E-state index in [-0.39, 0.29) is 0 Å². The van der Waals surface area contributed by atoms with Gasteiger partial charge in [-0.05, 0) is 38.3 Å². The summed E-state index contributed by atoms with van der Waals surface area (Å²) in [5, 5.41) is 1.37. The molecule has 1 aliphatic carbocycles. The molecule has 1 N–H and O–H groups in total. The number of alkyl halides is 1. The van der Waals surface area contributed by atoms with Crippen molar-refractivity contribution in [3.63, 3.8) is 0 Å². The van der Waals surface area contributed by atoms with Gasteiger partial charge in [0.15, 0.2) is 0 Å². The summed E-state index contributed by atoms with van der Waals surface area (Å²) in [6.45, 7) is 4.75. The molecule has 1 aromatic heterocycles. The van der Waals surface area contributed by atoms with Crippen LogP contribution in [0.15, 0.2) is 24.3 Å². The van der Waals surface area contributed by atoms with Crippen molar-refractivity contribution in [3.05, 3.63) is 35.5 Å². The molecule has 3 heteroatoms. The van der Waals surface area contributed by atoms with Crippen LogP contribution in [0.4, 0.5) is 4.39 Å². The first-order valence-electron chi connectivity index (χ1n) is 7.55. The SMILES string of the molecule is CC(C)(F)CN1Cc2[nH]c3ccccc3c2C2CCC21. The maximum atomic E-state index is 14.0. The molecule has 1 aliphatic heterocycles. The lowest BCUT2D eigenvalue weighted by Gasteiger charge is -2.49. The Morgan fingerprint density at radius 3 is 2.80 bits per heavy atom. The van der Waals surface area contributed by atoms with Crippen LogP contribution in [0, 0.1) is 0 Å². The van der Waals surface area contributed by atoms with E-state index in [0.29, 0.717) is 18.5 Å². The van der Waals surface area contributed by atoms with E-state index in [4.69, 9.17) is 0 Å². The highest BCUT2D eigenvalue weighted by molar-refractivity contribution is 5.85. The zero-order chi connectivity index (χ0) is 13.9. The molecule has 2 atom stereocenters. The number of hydrogen-bond donors (Lipinski definition) is 1. The number of nitrogens with one attached hydrogen (secondary N) is 1. The fourth-order valence-electron chi connectivity index (χ4n) is 4.00.